The molecule has 1 nitrogen and oxygen atoms in total. The average molecular weight is 99.2 g/mol. The van der Waals surface area contributed by atoms with Crippen molar-refractivity contribution in [1.82, 2.24) is 0 Å². The molecule has 0 N–H and O–H groups in total. The van der Waals surface area contributed by atoms with Gasteiger partial charge in [0.1, 0.15) is 5.40 Å². The van der Waals surface area contributed by atoms with E-state index in [-0.39, 0.29) is 0 Å². The summed E-state index contributed by atoms with van der Waals surface area (Å²) in [6.45, 7) is 5.28. The monoisotopic (exact) mass is 99.0 g/mol. The molecule has 0 aromatic carbocycles. The molecule has 0 saturated carbocycles. The van der Waals surface area contributed by atoms with Gasteiger partial charge in [0.2, 0.25) is 0 Å². The Morgan fingerprint density at radius 3 is 2.50 bits per heavy atom. The van der Waals surface area contributed by atoms with Crippen LogP contribution >= 0.6 is 11.8 Å². The minimum absolute atomic E-state index is 0.845. The molecule has 0 heterocycles. The maximum Gasteiger partial charge on any atom is 0.138 e. The predicted octanol–water partition coefficient (Wildman–Crippen LogP) is 1.73. The van der Waals surface area contributed by atoms with Crippen LogP contribution in [0.3, 0.4) is 0 Å². The number of rotatable bonds is 1. The number of thioether (sulfide) groups is 1. The summed E-state index contributed by atoms with van der Waals surface area (Å²) in [4.78, 5) is 0.845. The zero-order valence-electron chi connectivity index (χ0n) is 3.56. The van der Waals surface area contributed by atoms with Crippen LogP contribution < -0.4 is 0 Å². The van der Waals surface area contributed by atoms with Gasteiger partial charge >= 0.3 is 0 Å². The molecule has 0 rings (SSSR count). The molecule has 0 aliphatic heterocycles. The minimum atomic E-state index is 0.845. The molecule has 0 bridgehead atoms. The van der Waals surface area contributed by atoms with Gasteiger partial charge in [-0.2, -0.15) is 5.26 Å². The van der Waals surface area contributed by atoms with E-state index in [1.807, 2.05) is 5.40 Å². The first-order valence-corrected chi connectivity index (χ1v) is 2.30. The molecule has 0 unspecified atom stereocenters. The van der Waals surface area contributed by atoms with Crippen LogP contribution in [0.5, 0.6) is 0 Å². The Labute approximate surface area is 41.7 Å². The fraction of sp³-hybridized carbons (Fsp3) is 0.250. The van der Waals surface area contributed by atoms with Crippen LogP contribution in [0.4, 0.5) is 0 Å². The normalized spacial score (nSPS) is 6.67. The molecule has 0 aromatic heterocycles. The second-order valence-corrected chi connectivity index (χ2v) is 1.98. The van der Waals surface area contributed by atoms with E-state index in [0.29, 0.717) is 0 Å². The maximum atomic E-state index is 7.89. The van der Waals surface area contributed by atoms with Crippen molar-refractivity contribution in [3.8, 4) is 5.40 Å². The summed E-state index contributed by atoms with van der Waals surface area (Å²) in [6.07, 6.45) is 0. The predicted molar refractivity (Wildman–Crippen MR) is 28.0 cm³/mol. The molecule has 0 amide bonds. The lowest BCUT2D eigenvalue weighted by atomic mass is 10.8. The molecule has 2 heteroatoms. The summed E-state index contributed by atoms with van der Waals surface area (Å²) >= 11 is 1.10. The SMILES string of the molecule is C=C(C)SC#N. The lowest BCUT2D eigenvalue weighted by Gasteiger charge is -1.76. The van der Waals surface area contributed by atoms with Crippen LogP contribution in [-0.2, 0) is 0 Å². The molecule has 0 fully saturated rings. The second-order valence-electron chi connectivity index (χ2n) is 0.895. The molecule has 0 spiro atoms. The Kier molecular flexibility index (Phi) is 2.60. The van der Waals surface area contributed by atoms with Gasteiger partial charge in [0.05, 0.1) is 0 Å². The van der Waals surface area contributed by atoms with Gasteiger partial charge in [0.15, 0.2) is 0 Å². The van der Waals surface area contributed by atoms with Gasteiger partial charge in [-0.05, 0) is 23.6 Å². The van der Waals surface area contributed by atoms with Crippen LogP contribution in [0.15, 0.2) is 11.5 Å². The van der Waals surface area contributed by atoms with E-state index in [1.165, 1.54) is 0 Å². The quantitative estimate of drug-likeness (QED) is 0.467. The fourth-order valence-corrected chi connectivity index (χ4v) is 0.234. The summed E-state index contributed by atoms with van der Waals surface area (Å²) < 4.78 is 0. The molecular formula is C4H5NS. The van der Waals surface area contributed by atoms with E-state index in [2.05, 4.69) is 6.58 Å². The zero-order chi connectivity index (χ0) is 4.99. The summed E-state index contributed by atoms with van der Waals surface area (Å²) in [5.41, 5.74) is 0. The van der Waals surface area contributed by atoms with Crippen molar-refractivity contribution in [2.45, 2.75) is 6.92 Å². The molecule has 0 atom stereocenters. The Morgan fingerprint density at radius 1 is 2.00 bits per heavy atom. The molecular weight excluding hydrogens is 94.1 g/mol. The standard InChI is InChI=1S/C4H5NS/c1-4(2)6-3-5/h1H2,2H3. The summed E-state index contributed by atoms with van der Waals surface area (Å²) in [6, 6.07) is 0. The summed E-state index contributed by atoms with van der Waals surface area (Å²) in [5.74, 6) is 0. The van der Waals surface area contributed by atoms with Gasteiger partial charge in [-0.15, -0.1) is 0 Å². The number of allylic oxidation sites excluding steroid dienone is 1. The largest absolute Gasteiger partial charge is 0.185 e. The Bertz CT molecular complexity index is 90.2. The van der Waals surface area contributed by atoms with Crippen LogP contribution in [0.1, 0.15) is 6.92 Å². The molecule has 0 radical (unpaired) electrons. The maximum absolute atomic E-state index is 7.89. The van der Waals surface area contributed by atoms with Crippen molar-refractivity contribution in [2.24, 2.45) is 0 Å². The number of hydrogen-bond acceptors (Lipinski definition) is 2. The highest BCUT2D eigenvalue weighted by atomic mass is 32.2. The van der Waals surface area contributed by atoms with Crippen molar-refractivity contribution in [3.63, 3.8) is 0 Å². The smallest absolute Gasteiger partial charge is 0.138 e. The Morgan fingerprint density at radius 2 is 2.50 bits per heavy atom. The van der Waals surface area contributed by atoms with E-state index in [4.69, 9.17) is 5.26 Å². The van der Waals surface area contributed by atoms with Crippen LogP contribution in [0.25, 0.3) is 0 Å². The second kappa shape index (κ2) is 2.80. The van der Waals surface area contributed by atoms with E-state index < -0.39 is 0 Å². The van der Waals surface area contributed by atoms with Crippen molar-refractivity contribution < 1.29 is 0 Å². The van der Waals surface area contributed by atoms with E-state index >= 15 is 0 Å². The molecule has 0 aliphatic rings. The van der Waals surface area contributed by atoms with E-state index in [1.54, 1.807) is 6.92 Å². The lowest BCUT2D eigenvalue weighted by Crippen LogP contribution is -1.49. The average Bonchev–Trinajstić information content (AvgIpc) is 1.35. The van der Waals surface area contributed by atoms with Crippen LogP contribution in [-0.4, -0.2) is 0 Å². The summed E-state index contributed by atoms with van der Waals surface area (Å²) in [7, 11) is 0. The first-order chi connectivity index (χ1) is 2.77. The first-order valence-electron chi connectivity index (χ1n) is 1.49. The van der Waals surface area contributed by atoms with Crippen LogP contribution in [0.2, 0.25) is 0 Å². The highest BCUT2D eigenvalue weighted by Crippen LogP contribution is 2.07. The van der Waals surface area contributed by atoms with Gasteiger partial charge in [-0.1, -0.05) is 6.58 Å². The van der Waals surface area contributed by atoms with Gasteiger partial charge < -0.3 is 0 Å². The third kappa shape index (κ3) is 3.58. The number of hydrogen-bond donors (Lipinski definition) is 0. The lowest BCUT2D eigenvalue weighted by molar-refractivity contribution is 1.57. The van der Waals surface area contributed by atoms with Gasteiger partial charge in [0.25, 0.3) is 0 Å². The highest BCUT2D eigenvalue weighted by Gasteiger charge is 1.75. The van der Waals surface area contributed by atoms with Crippen LogP contribution in [0, 0.1) is 10.7 Å². The van der Waals surface area contributed by atoms with E-state index in [9.17, 15) is 0 Å². The molecule has 0 aromatic rings. The minimum Gasteiger partial charge on any atom is -0.185 e. The molecule has 32 valence electrons. The highest BCUT2D eigenvalue weighted by molar-refractivity contribution is 8.07. The topological polar surface area (TPSA) is 23.8 Å². The van der Waals surface area contributed by atoms with Crippen molar-refractivity contribution >= 4 is 11.8 Å². The number of thiocyanates is 1. The molecule has 0 saturated heterocycles. The Hall–Kier alpha value is -0.420. The molecule has 0 aliphatic carbocycles. The Balaban J connectivity index is 3.13. The fourth-order valence-electron chi connectivity index (χ4n) is 0.0779. The summed E-state index contributed by atoms with van der Waals surface area (Å²) in [5, 5.41) is 9.77. The molecule has 6 heavy (non-hydrogen) atoms. The van der Waals surface area contributed by atoms with Gasteiger partial charge in [-0.25, -0.2) is 0 Å². The third-order valence-electron chi connectivity index (χ3n) is 0.220. The van der Waals surface area contributed by atoms with Gasteiger partial charge in [-0.3, -0.25) is 0 Å². The number of nitriles is 1. The first kappa shape index (κ1) is 5.58. The van der Waals surface area contributed by atoms with Crippen molar-refractivity contribution in [3.05, 3.63) is 11.5 Å². The number of nitrogens with zero attached hydrogens (tertiary/aromatic N) is 1. The third-order valence-corrected chi connectivity index (χ3v) is 0.660. The van der Waals surface area contributed by atoms with Gasteiger partial charge in [0, 0.05) is 0 Å². The van der Waals surface area contributed by atoms with E-state index in [0.717, 1.165) is 16.7 Å². The zero-order valence-corrected chi connectivity index (χ0v) is 4.38. The van der Waals surface area contributed by atoms with Crippen molar-refractivity contribution in [2.75, 3.05) is 0 Å². The van der Waals surface area contributed by atoms with Crippen molar-refractivity contribution in [1.29, 1.82) is 5.26 Å².